The molecule has 2 aromatic rings. The average molecular weight is 288 g/mol. The van der Waals surface area contributed by atoms with Crippen LogP contribution in [0.2, 0.25) is 0 Å². The summed E-state index contributed by atoms with van der Waals surface area (Å²) in [4.78, 5) is 11.0. The second-order valence-corrected chi connectivity index (χ2v) is 5.64. The molecule has 0 amide bonds. The number of hydrogen-bond acceptors (Lipinski definition) is 6. The number of hydrogen-bond donors (Lipinski definition) is 0. The van der Waals surface area contributed by atoms with E-state index in [9.17, 15) is 0 Å². The van der Waals surface area contributed by atoms with Crippen molar-refractivity contribution in [3.63, 3.8) is 0 Å². The zero-order valence-electron chi connectivity index (χ0n) is 12.6. The lowest BCUT2D eigenvalue weighted by molar-refractivity contribution is 0.193. The molecule has 0 saturated carbocycles. The first-order valence-corrected chi connectivity index (χ1v) is 7.25. The van der Waals surface area contributed by atoms with E-state index in [1.54, 1.807) is 6.20 Å². The molecule has 6 heteroatoms. The Kier molecular flexibility index (Phi) is 3.88. The second kappa shape index (κ2) is 5.81. The summed E-state index contributed by atoms with van der Waals surface area (Å²) in [6, 6.07) is 4.25. The predicted octanol–water partition coefficient (Wildman–Crippen LogP) is 2.48. The Morgan fingerprint density at radius 2 is 2.24 bits per heavy atom. The normalized spacial score (nSPS) is 18.4. The van der Waals surface area contributed by atoms with Crippen molar-refractivity contribution in [3.8, 4) is 11.5 Å². The van der Waals surface area contributed by atoms with Crippen molar-refractivity contribution < 1.29 is 9.26 Å². The quantitative estimate of drug-likeness (QED) is 0.861. The zero-order valence-corrected chi connectivity index (χ0v) is 12.6. The Morgan fingerprint density at radius 1 is 1.38 bits per heavy atom. The number of likely N-dealkylation sites (N-methyl/N-ethyl adjacent to an activating group) is 1. The van der Waals surface area contributed by atoms with Crippen molar-refractivity contribution in [1.82, 2.24) is 15.1 Å². The number of anilines is 1. The molecule has 0 spiro atoms. The van der Waals surface area contributed by atoms with Gasteiger partial charge >= 0.3 is 0 Å². The second-order valence-electron chi connectivity index (χ2n) is 5.64. The first kappa shape index (κ1) is 14.0. The van der Waals surface area contributed by atoms with Gasteiger partial charge in [0.15, 0.2) is 5.82 Å². The van der Waals surface area contributed by atoms with Gasteiger partial charge in [-0.25, -0.2) is 4.98 Å². The molecule has 0 aliphatic carbocycles. The Labute approximate surface area is 124 Å². The summed E-state index contributed by atoms with van der Waals surface area (Å²) in [5, 5.41) is 4.00. The van der Waals surface area contributed by atoms with Crippen molar-refractivity contribution >= 4 is 5.82 Å². The molecule has 0 bridgehead atoms. The van der Waals surface area contributed by atoms with Crippen LogP contribution in [0.25, 0.3) is 11.5 Å². The van der Waals surface area contributed by atoms with Crippen LogP contribution in [0.5, 0.6) is 0 Å². The van der Waals surface area contributed by atoms with Crippen LogP contribution in [-0.2, 0) is 4.74 Å². The number of rotatable bonds is 4. The van der Waals surface area contributed by atoms with Gasteiger partial charge in [0.1, 0.15) is 5.82 Å². The Morgan fingerprint density at radius 3 is 2.90 bits per heavy atom. The fourth-order valence-corrected chi connectivity index (χ4v) is 2.35. The molecule has 3 rings (SSSR count). The molecule has 1 unspecified atom stereocenters. The largest absolute Gasteiger partial charge is 0.379 e. The lowest BCUT2D eigenvalue weighted by Gasteiger charge is -2.24. The molecule has 0 aromatic carbocycles. The third-order valence-electron chi connectivity index (χ3n) is 3.77. The number of nitrogens with zero attached hydrogens (tertiary/aromatic N) is 4. The van der Waals surface area contributed by atoms with Crippen LogP contribution in [0.1, 0.15) is 32.0 Å². The fourth-order valence-electron chi connectivity index (χ4n) is 2.35. The van der Waals surface area contributed by atoms with Crippen LogP contribution >= 0.6 is 0 Å². The molecule has 1 fully saturated rings. The summed E-state index contributed by atoms with van der Waals surface area (Å²) in [6.45, 7) is 5.65. The van der Waals surface area contributed by atoms with Gasteiger partial charge in [0.05, 0.1) is 12.6 Å². The van der Waals surface area contributed by atoms with Gasteiger partial charge in [0.25, 0.3) is 5.89 Å². The van der Waals surface area contributed by atoms with Gasteiger partial charge in [-0.3, -0.25) is 0 Å². The van der Waals surface area contributed by atoms with E-state index >= 15 is 0 Å². The Hall–Kier alpha value is -1.95. The van der Waals surface area contributed by atoms with Gasteiger partial charge in [-0.15, -0.1) is 0 Å². The maximum absolute atomic E-state index is 5.43. The highest BCUT2D eigenvalue weighted by Gasteiger charge is 2.22. The third kappa shape index (κ3) is 2.90. The van der Waals surface area contributed by atoms with Gasteiger partial charge in [0, 0.05) is 31.3 Å². The minimum Gasteiger partial charge on any atom is -0.379 e. The summed E-state index contributed by atoms with van der Waals surface area (Å²) in [5.74, 6) is 2.41. The third-order valence-corrected chi connectivity index (χ3v) is 3.77. The molecule has 3 heterocycles. The van der Waals surface area contributed by atoms with E-state index in [1.165, 1.54) is 0 Å². The van der Waals surface area contributed by atoms with Crippen molar-refractivity contribution in [2.75, 3.05) is 25.2 Å². The fraction of sp³-hybridized carbons (Fsp3) is 0.533. The molecule has 0 N–H and O–H groups in total. The molecule has 0 radical (unpaired) electrons. The van der Waals surface area contributed by atoms with Crippen LogP contribution in [0.15, 0.2) is 22.9 Å². The molecule has 112 valence electrons. The highest BCUT2D eigenvalue weighted by molar-refractivity contribution is 5.58. The SMILES string of the molecule is CC(C)c1noc(-c2ccnc(N(C)C3CCOC3)c2)n1. The van der Waals surface area contributed by atoms with Gasteiger partial charge in [0.2, 0.25) is 0 Å². The van der Waals surface area contributed by atoms with Gasteiger partial charge in [-0.05, 0) is 18.6 Å². The lowest BCUT2D eigenvalue weighted by atomic mass is 10.2. The maximum atomic E-state index is 5.43. The summed E-state index contributed by atoms with van der Waals surface area (Å²) >= 11 is 0. The van der Waals surface area contributed by atoms with Crippen molar-refractivity contribution in [2.45, 2.75) is 32.2 Å². The van der Waals surface area contributed by atoms with Gasteiger partial charge < -0.3 is 14.2 Å². The molecule has 1 aliphatic heterocycles. The minimum atomic E-state index is 0.252. The van der Waals surface area contributed by atoms with Crippen molar-refractivity contribution in [1.29, 1.82) is 0 Å². The molecular formula is C15H20N4O2. The Balaban J connectivity index is 1.84. The van der Waals surface area contributed by atoms with Crippen molar-refractivity contribution in [3.05, 3.63) is 24.2 Å². The molecule has 1 saturated heterocycles. The summed E-state index contributed by atoms with van der Waals surface area (Å²) in [7, 11) is 2.04. The molecule has 6 nitrogen and oxygen atoms in total. The lowest BCUT2D eigenvalue weighted by Crippen LogP contribution is -2.32. The number of pyridine rings is 1. The topological polar surface area (TPSA) is 64.3 Å². The van der Waals surface area contributed by atoms with E-state index in [0.717, 1.165) is 36.8 Å². The van der Waals surface area contributed by atoms with Crippen LogP contribution < -0.4 is 4.90 Å². The van der Waals surface area contributed by atoms with E-state index < -0.39 is 0 Å². The standard InChI is InChI=1S/C15H20N4O2/c1-10(2)14-17-15(21-18-14)11-4-6-16-13(8-11)19(3)12-5-7-20-9-12/h4,6,8,10,12H,5,7,9H2,1-3H3. The van der Waals surface area contributed by atoms with Gasteiger partial charge in [-0.1, -0.05) is 19.0 Å². The summed E-state index contributed by atoms with van der Waals surface area (Å²) in [6.07, 6.45) is 2.80. The summed E-state index contributed by atoms with van der Waals surface area (Å²) < 4.78 is 10.8. The molecule has 2 aromatic heterocycles. The van der Waals surface area contributed by atoms with E-state index in [-0.39, 0.29) is 5.92 Å². The molecular weight excluding hydrogens is 268 g/mol. The van der Waals surface area contributed by atoms with Crippen molar-refractivity contribution in [2.24, 2.45) is 0 Å². The molecule has 1 atom stereocenters. The monoisotopic (exact) mass is 288 g/mol. The van der Waals surface area contributed by atoms with E-state index in [0.29, 0.717) is 11.9 Å². The maximum Gasteiger partial charge on any atom is 0.258 e. The predicted molar refractivity (Wildman–Crippen MR) is 79.2 cm³/mol. The van der Waals surface area contributed by atoms with Crippen LogP contribution in [0.3, 0.4) is 0 Å². The molecule has 21 heavy (non-hydrogen) atoms. The summed E-state index contributed by atoms with van der Waals surface area (Å²) in [5.41, 5.74) is 0.894. The first-order chi connectivity index (χ1) is 10.1. The van der Waals surface area contributed by atoms with E-state index in [1.807, 2.05) is 33.0 Å². The average Bonchev–Trinajstić information content (AvgIpc) is 3.18. The van der Waals surface area contributed by atoms with E-state index in [4.69, 9.17) is 9.26 Å². The zero-order chi connectivity index (χ0) is 14.8. The van der Waals surface area contributed by atoms with Crippen LogP contribution in [-0.4, -0.2) is 41.4 Å². The minimum absolute atomic E-state index is 0.252. The van der Waals surface area contributed by atoms with Crippen LogP contribution in [0.4, 0.5) is 5.82 Å². The Bertz CT molecular complexity index is 605. The van der Waals surface area contributed by atoms with Gasteiger partial charge in [-0.2, -0.15) is 4.98 Å². The van der Waals surface area contributed by atoms with E-state index in [2.05, 4.69) is 20.0 Å². The smallest absolute Gasteiger partial charge is 0.258 e. The highest BCUT2D eigenvalue weighted by atomic mass is 16.5. The number of ether oxygens (including phenoxy) is 1. The van der Waals surface area contributed by atoms with Crippen LogP contribution in [0, 0.1) is 0 Å². The highest BCUT2D eigenvalue weighted by Crippen LogP contribution is 2.24. The molecule has 1 aliphatic rings. The number of aromatic nitrogens is 3. The first-order valence-electron chi connectivity index (χ1n) is 7.25.